The van der Waals surface area contributed by atoms with Crippen LogP contribution in [-0.4, -0.2) is 13.3 Å². The molecule has 0 spiro atoms. The molecule has 1 heterocycles. The Bertz CT molecular complexity index is 254. The van der Waals surface area contributed by atoms with Gasteiger partial charge >= 0.3 is 0 Å². The number of hydrogen-bond donors (Lipinski definition) is 0. The van der Waals surface area contributed by atoms with Crippen LogP contribution in [0.3, 0.4) is 0 Å². The van der Waals surface area contributed by atoms with E-state index in [4.69, 9.17) is 4.74 Å². The molecule has 2 nitrogen and oxygen atoms in total. The van der Waals surface area contributed by atoms with Crippen LogP contribution in [0.5, 0.6) is 0 Å². The highest BCUT2D eigenvalue weighted by molar-refractivity contribution is 5.46. The van der Waals surface area contributed by atoms with Gasteiger partial charge in [-0.3, -0.25) is 0 Å². The molecule has 1 aromatic rings. The number of hydrogen-bond acceptors (Lipinski definition) is 2. The number of halogens is 1. The largest absolute Gasteiger partial charge is 0.346 e. The van der Waals surface area contributed by atoms with E-state index in [2.05, 4.69) is 6.61 Å². The van der Waals surface area contributed by atoms with E-state index in [0.717, 1.165) is 5.69 Å². The van der Waals surface area contributed by atoms with Crippen molar-refractivity contribution < 1.29 is 9.13 Å². The minimum Gasteiger partial charge on any atom is -0.346 e. The second-order valence-electron chi connectivity index (χ2n) is 2.59. The summed E-state index contributed by atoms with van der Waals surface area (Å²) in [7, 11) is 0. The predicted octanol–water partition coefficient (Wildman–Crippen LogP) is 1.66. The Kier molecular flexibility index (Phi) is 1.96. The van der Waals surface area contributed by atoms with Gasteiger partial charge in [-0.2, -0.15) is 0 Å². The Balaban J connectivity index is 2.17. The third-order valence-electron chi connectivity index (χ3n) is 1.77. The molecule has 3 heteroatoms. The average molecular weight is 165 g/mol. The molecule has 0 aromatic heterocycles. The summed E-state index contributed by atoms with van der Waals surface area (Å²) < 4.78 is 17.4. The van der Waals surface area contributed by atoms with E-state index in [1.807, 2.05) is 4.90 Å². The number of rotatable bonds is 1. The molecule has 2 rings (SSSR count). The van der Waals surface area contributed by atoms with Gasteiger partial charge in [0.2, 0.25) is 0 Å². The molecule has 1 fully saturated rings. The number of anilines is 1. The van der Waals surface area contributed by atoms with Crippen molar-refractivity contribution in [2.75, 3.05) is 18.2 Å². The second-order valence-corrected chi connectivity index (χ2v) is 2.59. The van der Waals surface area contributed by atoms with Crippen LogP contribution in [0.4, 0.5) is 10.1 Å². The maximum atomic E-state index is 12.5. The SMILES string of the molecule is Fc1ccc(N2C[C]OC2)cc1. The molecule has 0 bridgehead atoms. The monoisotopic (exact) mass is 165 g/mol. The summed E-state index contributed by atoms with van der Waals surface area (Å²) in [5, 5.41) is 0. The molecule has 0 atom stereocenters. The van der Waals surface area contributed by atoms with Crippen LogP contribution in [0.25, 0.3) is 0 Å². The molecule has 1 aliphatic rings. The lowest BCUT2D eigenvalue weighted by Gasteiger charge is -2.14. The van der Waals surface area contributed by atoms with Crippen LogP contribution >= 0.6 is 0 Å². The van der Waals surface area contributed by atoms with Gasteiger partial charge in [-0.25, -0.2) is 4.39 Å². The summed E-state index contributed by atoms with van der Waals surface area (Å²) >= 11 is 0. The quantitative estimate of drug-likeness (QED) is 0.627. The van der Waals surface area contributed by atoms with Gasteiger partial charge in [0, 0.05) is 5.69 Å². The van der Waals surface area contributed by atoms with Crippen molar-refractivity contribution in [1.29, 1.82) is 0 Å². The lowest BCUT2D eigenvalue weighted by atomic mass is 10.3. The van der Waals surface area contributed by atoms with E-state index in [1.165, 1.54) is 12.1 Å². The Labute approximate surface area is 70.6 Å². The molecule has 0 saturated carbocycles. The Morgan fingerprint density at radius 1 is 1.33 bits per heavy atom. The maximum Gasteiger partial charge on any atom is 0.155 e. The standard InChI is InChI=1S/C9H8FNO/c10-8-1-3-9(4-2-8)11-5-6-12-7-11/h1-4H,5,7H2. The van der Waals surface area contributed by atoms with E-state index in [-0.39, 0.29) is 5.82 Å². The van der Waals surface area contributed by atoms with Crippen molar-refractivity contribution in [1.82, 2.24) is 0 Å². The van der Waals surface area contributed by atoms with Crippen molar-refractivity contribution in [3.63, 3.8) is 0 Å². The Hall–Kier alpha value is -1.09. The van der Waals surface area contributed by atoms with E-state index in [0.29, 0.717) is 13.3 Å². The summed E-state index contributed by atoms with van der Waals surface area (Å²) in [6, 6.07) is 6.33. The summed E-state index contributed by atoms with van der Waals surface area (Å²) in [6.07, 6.45) is 0. The first-order chi connectivity index (χ1) is 5.86. The summed E-state index contributed by atoms with van der Waals surface area (Å²) in [5.41, 5.74) is 0.960. The summed E-state index contributed by atoms with van der Waals surface area (Å²) in [4.78, 5) is 1.96. The number of nitrogens with zero attached hydrogens (tertiary/aromatic N) is 1. The third-order valence-corrected chi connectivity index (χ3v) is 1.77. The maximum absolute atomic E-state index is 12.5. The normalized spacial score (nSPS) is 16.9. The molecule has 1 saturated heterocycles. The average Bonchev–Trinajstić information content (AvgIpc) is 2.58. The van der Waals surface area contributed by atoms with Crippen LogP contribution in [0.15, 0.2) is 24.3 Å². The van der Waals surface area contributed by atoms with Crippen LogP contribution in [0.2, 0.25) is 0 Å². The minimum atomic E-state index is -0.216. The second kappa shape index (κ2) is 3.11. The minimum absolute atomic E-state index is 0.216. The Morgan fingerprint density at radius 3 is 2.67 bits per heavy atom. The molecule has 0 unspecified atom stereocenters. The zero-order valence-electron chi connectivity index (χ0n) is 6.46. The van der Waals surface area contributed by atoms with Crippen LogP contribution < -0.4 is 4.90 Å². The zero-order chi connectivity index (χ0) is 8.39. The van der Waals surface area contributed by atoms with Crippen molar-refractivity contribution in [2.45, 2.75) is 0 Å². The fourth-order valence-electron chi connectivity index (χ4n) is 1.11. The molecule has 0 amide bonds. The van der Waals surface area contributed by atoms with Crippen LogP contribution in [-0.2, 0) is 4.74 Å². The molecule has 0 N–H and O–H groups in total. The van der Waals surface area contributed by atoms with Gasteiger partial charge in [-0.1, -0.05) is 0 Å². The van der Waals surface area contributed by atoms with Crippen molar-refractivity contribution in [3.05, 3.63) is 36.7 Å². The van der Waals surface area contributed by atoms with E-state index in [9.17, 15) is 4.39 Å². The summed E-state index contributed by atoms with van der Waals surface area (Å²) in [6.45, 7) is 3.87. The van der Waals surface area contributed by atoms with Crippen LogP contribution in [0.1, 0.15) is 0 Å². The molecule has 1 aliphatic heterocycles. The fourth-order valence-corrected chi connectivity index (χ4v) is 1.11. The van der Waals surface area contributed by atoms with Gasteiger partial charge in [-0.15, -0.1) is 0 Å². The molecule has 0 aliphatic carbocycles. The molecule has 1 aromatic carbocycles. The highest BCUT2D eigenvalue weighted by atomic mass is 19.1. The van der Waals surface area contributed by atoms with E-state index >= 15 is 0 Å². The van der Waals surface area contributed by atoms with E-state index < -0.39 is 0 Å². The molecule has 12 heavy (non-hydrogen) atoms. The lowest BCUT2D eigenvalue weighted by molar-refractivity contribution is 0.256. The lowest BCUT2D eigenvalue weighted by Crippen LogP contribution is -2.17. The highest BCUT2D eigenvalue weighted by Crippen LogP contribution is 2.17. The summed E-state index contributed by atoms with van der Waals surface area (Å²) in [5.74, 6) is -0.216. The van der Waals surface area contributed by atoms with Gasteiger partial charge in [0.15, 0.2) is 6.61 Å². The molecule has 62 valence electrons. The third kappa shape index (κ3) is 1.41. The van der Waals surface area contributed by atoms with Gasteiger partial charge < -0.3 is 9.64 Å². The fraction of sp³-hybridized carbons (Fsp3) is 0.222. The zero-order valence-corrected chi connectivity index (χ0v) is 6.46. The van der Waals surface area contributed by atoms with Gasteiger partial charge in [0.1, 0.15) is 12.5 Å². The van der Waals surface area contributed by atoms with Gasteiger partial charge in [-0.05, 0) is 24.3 Å². The molecular weight excluding hydrogens is 157 g/mol. The number of benzene rings is 1. The van der Waals surface area contributed by atoms with Gasteiger partial charge in [0.05, 0.1) is 6.54 Å². The van der Waals surface area contributed by atoms with E-state index in [1.54, 1.807) is 12.1 Å². The van der Waals surface area contributed by atoms with Gasteiger partial charge in [0.25, 0.3) is 0 Å². The molecular formula is C9H8FNO. The first-order valence-corrected chi connectivity index (χ1v) is 3.71. The highest BCUT2D eigenvalue weighted by Gasteiger charge is 2.13. The topological polar surface area (TPSA) is 12.5 Å². The number of ether oxygens (including phenoxy) is 1. The van der Waals surface area contributed by atoms with Crippen LogP contribution in [0, 0.1) is 12.4 Å². The molecule has 2 radical (unpaired) electrons. The van der Waals surface area contributed by atoms with Crippen molar-refractivity contribution in [3.8, 4) is 0 Å². The van der Waals surface area contributed by atoms with Crippen molar-refractivity contribution >= 4 is 5.69 Å². The van der Waals surface area contributed by atoms with Crippen molar-refractivity contribution in [2.24, 2.45) is 0 Å². The first kappa shape index (κ1) is 7.55. The smallest absolute Gasteiger partial charge is 0.155 e. The Morgan fingerprint density at radius 2 is 2.08 bits per heavy atom. The predicted molar refractivity (Wildman–Crippen MR) is 42.9 cm³/mol. The first-order valence-electron chi connectivity index (χ1n) is 3.71.